The SMILES string of the molecule is CN(C)CCOc1ccc2[nH]c(C(=O)N3CC(CCl)c4c3cc([N+](=O)[O-])c3cc(S(N)(=O)=O)ccc43)cc2c1. The van der Waals surface area contributed by atoms with E-state index in [1.807, 2.05) is 37.2 Å². The summed E-state index contributed by atoms with van der Waals surface area (Å²) in [5.74, 6) is 0.137. The standard InChI is InChI=1S/C26H26ClN5O6S/c1-30(2)7-8-38-17-3-6-21-15(9-17)10-22(29-21)26(33)31-14-16(13-27)25-19-5-4-18(39(28,36)37)11-20(19)23(32(34)35)12-24(25)31/h3-6,9-12,16,29H,7-8,13-14H2,1-2H3,(H2,28,36,37). The van der Waals surface area contributed by atoms with E-state index in [1.165, 1.54) is 29.2 Å². The van der Waals surface area contributed by atoms with Crippen molar-refractivity contribution in [2.24, 2.45) is 5.14 Å². The third-order valence-electron chi connectivity index (χ3n) is 6.80. The molecule has 1 atom stereocenters. The van der Waals surface area contributed by atoms with E-state index in [0.29, 0.717) is 34.7 Å². The number of hydrogen-bond acceptors (Lipinski definition) is 7. The number of aromatic amines is 1. The molecule has 1 unspecified atom stereocenters. The van der Waals surface area contributed by atoms with Gasteiger partial charge in [-0.1, -0.05) is 6.07 Å². The van der Waals surface area contributed by atoms with Crippen LogP contribution in [0.15, 0.2) is 53.4 Å². The number of rotatable bonds is 8. The zero-order valence-electron chi connectivity index (χ0n) is 21.2. The van der Waals surface area contributed by atoms with Crippen molar-refractivity contribution in [2.45, 2.75) is 10.8 Å². The molecular weight excluding hydrogens is 546 g/mol. The number of nitro benzene ring substituents is 1. The minimum absolute atomic E-state index is 0.113. The highest BCUT2D eigenvalue weighted by atomic mass is 35.5. The van der Waals surface area contributed by atoms with Gasteiger partial charge in [0, 0.05) is 41.9 Å². The number of anilines is 1. The second kappa shape index (κ2) is 10.1. The molecule has 3 N–H and O–H groups in total. The summed E-state index contributed by atoms with van der Waals surface area (Å²) in [5, 5.41) is 18.6. The molecule has 3 aromatic carbocycles. The number of sulfonamides is 1. The monoisotopic (exact) mass is 571 g/mol. The molecule has 0 aliphatic carbocycles. The number of aromatic nitrogens is 1. The van der Waals surface area contributed by atoms with Crippen molar-refractivity contribution < 1.29 is 22.9 Å². The minimum atomic E-state index is -4.08. The van der Waals surface area contributed by atoms with Gasteiger partial charge in [0.05, 0.1) is 20.9 Å². The largest absolute Gasteiger partial charge is 0.492 e. The van der Waals surface area contributed by atoms with Gasteiger partial charge >= 0.3 is 0 Å². The number of carbonyl (C=O) groups is 1. The summed E-state index contributed by atoms with van der Waals surface area (Å²) in [4.78, 5) is 31.5. The smallest absolute Gasteiger partial charge is 0.279 e. The van der Waals surface area contributed by atoms with Crippen molar-refractivity contribution in [3.05, 3.63) is 69.9 Å². The number of likely N-dealkylation sites (N-methyl/N-ethyl adjacent to an activating group) is 1. The Kier molecular flexibility index (Phi) is 6.97. The highest BCUT2D eigenvalue weighted by Gasteiger charge is 2.37. The molecule has 204 valence electrons. The first-order chi connectivity index (χ1) is 18.5. The predicted octanol–water partition coefficient (Wildman–Crippen LogP) is 3.80. The van der Waals surface area contributed by atoms with Crippen molar-refractivity contribution in [3.63, 3.8) is 0 Å². The van der Waals surface area contributed by atoms with E-state index in [0.717, 1.165) is 17.4 Å². The Balaban J connectivity index is 1.56. The summed E-state index contributed by atoms with van der Waals surface area (Å²) in [6.07, 6.45) is 0. The van der Waals surface area contributed by atoms with Crippen molar-refractivity contribution in [1.29, 1.82) is 0 Å². The summed E-state index contributed by atoms with van der Waals surface area (Å²) in [7, 11) is -0.165. The lowest BCUT2D eigenvalue weighted by Crippen LogP contribution is -2.30. The molecule has 1 aliphatic rings. The summed E-state index contributed by atoms with van der Waals surface area (Å²) in [6, 6.07) is 12.5. The Labute approximate surface area is 229 Å². The van der Waals surface area contributed by atoms with E-state index in [-0.39, 0.29) is 40.2 Å². The maximum Gasteiger partial charge on any atom is 0.279 e. The number of alkyl halides is 1. The molecule has 5 rings (SSSR count). The molecule has 1 amide bonds. The normalized spacial score (nSPS) is 15.3. The minimum Gasteiger partial charge on any atom is -0.492 e. The highest BCUT2D eigenvalue weighted by molar-refractivity contribution is 7.89. The predicted molar refractivity (Wildman–Crippen MR) is 149 cm³/mol. The van der Waals surface area contributed by atoms with Crippen molar-refractivity contribution in [1.82, 2.24) is 9.88 Å². The van der Waals surface area contributed by atoms with Gasteiger partial charge in [-0.2, -0.15) is 0 Å². The van der Waals surface area contributed by atoms with E-state index in [4.69, 9.17) is 21.5 Å². The summed E-state index contributed by atoms with van der Waals surface area (Å²) in [5.41, 5.74) is 1.72. The number of ether oxygens (including phenoxy) is 1. The maximum atomic E-state index is 13.7. The second-order valence-corrected chi connectivity index (χ2v) is 11.6. The quantitative estimate of drug-likeness (QED) is 0.185. The third kappa shape index (κ3) is 5.03. The van der Waals surface area contributed by atoms with Crippen LogP contribution in [0.25, 0.3) is 21.7 Å². The van der Waals surface area contributed by atoms with Crippen LogP contribution in [0.4, 0.5) is 11.4 Å². The van der Waals surface area contributed by atoms with Crippen LogP contribution in [0.1, 0.15) is 22.0 Å². The van der Waals surface area contributed by atoms with Crippen molar-refractivity contribution >= 4 is 60.6 Å². The molecule has 1 aliphatic heterocycles. The van der Waals surface area contributed by atoms with E-state index in [1.54, 1.807) is 6.07 Å². The van der Waals surface area contributed by atoms with E-state index < -0.39 is 14.9 Å². The number of nitrogens with zero attached hydrogens (tertiary/aromatic N) is 3. The number of H-pyrrole nitrogens is 1. The first-order valence-corrected chi connectivity index (χ1v) is 14.1. The first kappa shape index (κ1) is 26.9. The van der Waals surface area contributed by atoms with Gasteiger partial charge in [0.2, 0.25) is 10.0 Å². The van der Waals surface area contributed by atoms with Crippen LogP contribution in [-0.4, -0.2) is 68.8 Å². The fourth-order valence-corrected chi connectivity index (χ4v) is 5.70. The molecule has 13 heteroatoms. The van der Waals surface area contributed by atoms with Crippen molar-refractivity contribution in [2.75, 3.05) is 44.6 Å². The lowest BCUT2D eigenvalue weighted by molar-refractivity contribution is -0.383. The Hall–Kier alpha value is -3.71. The molecule has 0 fully saturated rings. The number of primary sulfonamides is 1. The number of nitrogens with one attached hydrogen (secondary N) is 1. The third-order valence-corrected chi connectivity index (χ3v) is 8.08. The number of hydrogen-bond donors (Lipinski definition) is 2. The molecule has 0 saturated carbocycles. The summed E-state index contributed by atoms with van der Waals surface area (Å²) in [6.45, 7) is 1.48. The molecule has 4 aromatic rings. The van der Waals surface area contributed by atoms with Gasteiger partial charge in [-0.3, -0.25) is 14.9 Å². The topological polar surface area (TPSA) is 152 Å². The highest BCUT2D eigenvalue weighted by Crippen LogP contribution is 2.46. The number of benzene rings is 3. The summed E-state index contributed by atoms with van der Waals surface area (Å²) >= 11 is 6.29. The van der Waals surface area contributed by atoms with Crippen LogP contribution in [0, 0.1) is 10.1 Å². The lowest BCUT2D eigenvalue weighted by atomic mass is 9.95. The molecular formula is C26H26ClN5O6S. The molecule has 0 bridgehead atoms. The van der Waals surface area contributed by atoms with Crippen LogP contribution in [-0.2, 0) is 10.0 Å². The van der Waals surface area contributed by atoms with Crippen LogP contribution < -0.4 is 14.8 Å². The van der Waals surface area contributed by atoms with E-state index in [2.05, 4.69) is 4.98 Å². The van der Waals surface area contributed by atoms with Crippen LogP contribution >= 0.6 is 11.6 Å². The molecule has 1 aromatic heterocycles. The van der Waals surface area contributed by atoms with E-state index in [9.17, 15) is 23.3 Å². The number of nitrogens with two attached hydrogens (primary N) is 1. The van der Waals surface area contributed by atoms with Crippen molar-refractivity contribution in [3.8, 4) is 5.75 Å². The van der Waals surface area contributed by atoms with Crippen LogP contribution in [0.3, 0.4) is 0 Å². The zero-order chi connectivity index (χ0) is 28.1. The van der Waals surface area contributed by atoms with Gasteiger partial charge in [-0.15, -0.1) is 11.6 Å². The first-order valence-electron chi connectivity index (χ1n) is 12.0. The fraction of sp³-hybridized carbons (Fsp3) is 0.269. The number of non-ortho nitro benzene ring substituents is 1. The number of amides is 1. The number of fused-ring (bicyclic) bond motifs is 4. The summed E-state index contributed by atoms with van der Waals surface area (Å²) < 4.78 is 29.6. The van der Waals surface area contributed by atoms with Gasteiger partial charge in [-0.05, 0) is 61.4 Å². The average Bonchev–Trinajstić information content (AvgIpc) is 3.48. The average molecular weight is 572 g/mol. The maximum absolute atomic E-state index is 13.7. The number of carbonyl (C=O) groups excluding carboxylic acids is 1. The molecule has 2 heterocycles. The van der Waals surface area contributed by atoms with Crippen LogP contribution in [0.5, 0.6) is 5.75 Å². The van der Waals surface area contributed by atoms with Gasteiger partial charge in [0.15, 0.2) is 0 Å². The molecule has 11 nitrogen and oxygen atoms in total. The van der Waals surface area contributed by atoms with Gasteiger partial charge in [0.25, 0.3) is 11.6 Å². The van der Waals surface area contributed by atoms with E-state index >= 15 is 0 Å². The molecule has 0 saturated heterocycles. The molecule has 0 radical (unpaired) electrons. The van der Waals surface area contributed by atoms with Gasteiger partial charge < -0.3 is 19.5 Å². The Morgan fingerprint density at radius 2 is 1.97 bits per heavy atom. The van der Waals surface area contributed by atoms with Crippen LogP contribution in [0.2, 0.25) is 0 Å². The Morgan fingerprint density at radius 1 is 1.21 bits per heavy atom. The Morgan fingerprint density at radius 3 is 2.64 bits per heavy atom. The number of halogens is 1. The molecule has 0 spiro atoms. The van der Waals surface area contributed by atoms with Gasteiger partial charge in [0.1, 0.15) is 18.1 Å². The Bertz CT molecular complexity index is 1740. The van der Waals surface area contributed by atoms with Gasteiger partial charge in [-0.25, -0.2) is 13.6 Å². The second-order valence-electron chi connectivity index (χ2n) is 9.69. The lowest BCUT2D eigenvalue weighted by Gasteiger charge is -2.17. The zero-order valence-corrected chi connectivity index (χ0v) is 22.8. The number of nitro groups is 1. The fourth-order valence-electron chi connectivity index (χ4n) is 4.91. The molecule has 39 heavy (non-hydrogen) atoms.